The lowest BCUT2D eigenvalue weighted by atomic mass is 10.1. The van der Waals surface area contributed by atoms with E-state index in [0.29, 0.717) is 28.8 Å². The second-order valence-corrected chi connectivity index (χ2v) is 8.91. The first-order valence-corrected chi connectivity index (χ1v) is 11.8. The first-order chi connectivity index (χ1) is 16.9. The fourth-order valence-electron chi connectivity index (χ4n) is 3.71. The number of amides is 2. The van der Waals surface area contributed by atoms with Gasteiger partial charge in [0.25, 0.3) is 11.8 Å². The van der Waals surface area contributed by atoms with E-state index in [1.54, 1.807) is 25.3 Å². The predicted molar refractivity (Wildman–Crippen MR) is 134 cm³/mol. The molecule has 2 aromatic carbocycles. The molecule has 1 aliphatic heterocycles. The molecule has 0 saturated carbocycles. The molecule has 1 aliphatic rings. The molecule has 0 unspecified atom stereocenters. The molecule has 8 nitrogen and oxygen atoms in total. The standard InChI is InChI=1S/C26H26N4O4S/c1-16-14-17(2)28-26(27-16)35-23-22(29-20-11-10-19(33-3)15-21(20)34-4)24(31)30(25(23)32)13-12-18-8-6-5-7-9-18/h5-11,14-15,29H,12-13H2,1-4H3. The lowest BCUT2D eigenvalue weighted by molar-refractivity contribution is -0.137. The van der Waals surface area contributed by atoms with Gasteiger partial charge in [-0.05, 0) is 55.8 Å². The van der Waals surface area contributed by atoms with Crippen LogP contribution in [0.15, 0.2) is 70.4 Å². The zero-order valence-electron chi connectivity index (χ0n) is 20.0. The van der Waals surface area contributed by atoms with E-state index < -0.39 is 5.91 Å². The summed E-state index contributed by atoms with van der Waals surface area (Å²) in [6, 6.07) is 16.8. The summed E-state index contributed by atoms with van der Waals surface area (Å²) in [5.41, 5.74) is 3.31. The number of anilines is 1. The van der Waals surface area contributed by atoms with E-state index in [2.05, 4.69) is 15.3 Å². The normalized spacial score (nSPS) is 13.4. The fraction of sp³-hybridized carbons (Fsp3) is 0.231. The van der Waals surface area contributed by atoms with Crippen LogP contribution >= 0.6 is 11.8 Å². The number of hydrogen-bond acceptors (Lipinski definition) is 8. The first-order valence-electron chi connectivity index (χ1n) is 11.0. The number of ether oxygens (including phenoxy) is 2. The Morgan fingerprint density at radius 1 is 0.914 bits per heavy atom. The Morgan fingerprint density at radius 2 is 1.63 bits per heavy atom. The van der Waals surface area contributed by atoms with Crippen molar-refractivity contribution in [3.05, 3.63) is 82.2 Å². The maximum Gasteiger partial charge on any atom is 0.278 e. The van der Waals surface area contributed by atoms with Gasteiger partial charge in [0.05, 0.1) is 19.9 Å². The average Bonchev–Trinajstić information content (AvgIpc) is 3.06. The summed E-state index contributed by atoms with van der Waals surface area (Å²) in [6.45, 7) is 3.98. The molecule has 3 aromatic rings. The van der Waals surface area contributed by atoms with Crippen LogP contribution in [0.1, 0.15) is 17.0 Å². The number of carbonyl (C=O) groups excluding carboxylic acids is 2. The molecular formula is C26H26N4O4S. The topological polar surface area (TPSA) is 93.6 Å². The summed E-state index contributed by atoms with van der Waals surface area (Å²) < 4.78 is 10.7. The third kappa shape index (κ3) is 5.46. The summed E-state index contributed by atoms with van der Waals surface area (Å²) in [6.07, 6.45) is 0.551. The zero-order chi connectivity index (χ0) is 24.9. The van der Waals surface area contributed by atoms with E-state index in [1.165, 1.54) is 12.0 Å². The SMILES string of the molecule is COc1ccc(NC2=C(Sc3nc(C)cc(C)n3)C(=O)N(CCc3ccccc3)C2=O)c(OC)c1. The summed E-state index contributed by atoms with van der Waals surface area (Å²) in [4.78, 5) is 37.3. The van der Waals surface area contributed by atoms with Crippen molar-refractivity contribution < 1.29 is 19.1 Å². The number of methoxy groups -OCH3 is 2. The molecule has 35 heavy (non-hydrogen) atoms. The van der Waals surface area contributed by atoms with Crippen molar-refractivity contribution in [1.82, 2.24) is 14.9 Å². The largest absolute Gasteiger partial charge is 0.497 e. The fourth-order valence-corrected chi connectivity index (χ4v) is 4.71. The van der Waals surface area contributed by atoms with Crippen LogP contribution in [-0.4, -0.2) is 47.4 Å². The van der Waals surface area contributed by atoms with Crippen LogP contribution in [0.25, 0.3) is 0 Å². The molecule has 0 bridgehead atoms. The Labute approximate surface area is 208 Å². The number of aromatic nitrogens is 2. The summed E-state index contributed by atoms with van der Waals surface area (Å²) in [7, 11) is 3.09. The van der Waals surface area contributed by atoms with Gasteiger partial charge in [0.1, 0.15) is 22.1 Å². The Hall–Kier alpha value is -3.85. The van der Waals surface area contributed by atoms with Crippen LogP contribution in [0.2, 0.25) is 0 Å². The highest BCUT2D eigenvalue weighted by atomic mass is 32.2. The van der Waals surface area contributed by atoms with Crippen LogP contribution in [-0.2, 0) is 16.0 Å². The van der Waals surface area contributed by atoms with Crippen LogP contribution in [0.4, 0.5) is 5.69 Å². The van der Waals surface area contributed by atoms with Crippen molar-refractivity contribution in [2.75, 3.05) is 26.1 Å². The molecule has 2 amide bonds. The van der Waals surface area contributed by atoms with Gasteiger partial charge in [0, 0.05) is 24.0 Å². The summed E-state index contributed by atoms with van der Waals surface area (Å²) in [5.74, 6) is 0.300. The highest BCUT2D eigenvalue weighted by molar-refractivity contribution is 8.04. The molecule has 2 heterocycles. The number of nitrogens with one attached hydrogen (secondary N) is 1. The maximum atomic E-state index is 13.5. The molecule has 0 fully saturated rings. The van der Waals surface area contributed by atoms with Crippen molar-refractivity contribution >= 4 is 29.3 Å². The molecule has 0 aliphatic carbocycles. The molecule has 4 rings (SSSR count). The van der Waals surface area contributed by atoms with Crippen molar-refractivity contribution in [2.24, 2.45) is 0 Å². The number of hydrogen-bond donors (Lipinski definition) is 1. The van der Waals surface area contributed by atoms with Gasteiger partial charge in [0.15, 0.2) is 5.16 Å². The van der Waals surface area contributed by atoms with Crippen molar-refractivity contribution in [1.29, 1.82) is 0 Å². The second kappa shape index (κ2) is 10.6. The van der Waals surface area contributed by atoms with Gasteiger partial charge in [-0.2, -0.15) is 0 Å². The van der Waals surface area contributed by atoms with E-state index in [4.69, 9.17) is 9.47 Å². The Bertz CT molecular complexity index is 1270. The van der Waals surface area contributed by atoms with Crippen molar-refractivity contribution in [3.8, 4) is 11.5 Å². The van der Waals surface area contributed by atoms with Crippen LogP contribution in [0.5, 0.6) is 11.5 Å². The summed E-state index contributed by atoms with van der Waals surface area (Å²) >= 11 is 1.08. The number of nitrogens with zero attached hydrogens (tertiary/aromatic N) is 3. The number of carbonyl (C=O) groups is 2. The molecule has 0 saturated heterocycles. The van der Waals surface area contributed by atoms with Gasteiger partial charge in [-0.1, -0.05) is 30.3 Å². The van der Waals surface area contributed by atoms with E-state index >= 15 is 0 Å². The number of benzene rings is 2. The lowest BCUT2D eigenvalue weighted by Gasteiger charge is -2.16. The Morgan fingerprint density at radius 3 is 2.29 bits per heavy atom. The number of imide groups is 1. The van der Waals surface area contributed by atoms with E-state index in [0.717, 1.165) is 28.7 Å². The van der Waals surface area contributed by atoms with Crippen LogP contribution in [0.3, 0.4) is 0 Å². The minimum atomic E-state index is -0.407. The molecule has 9 heteroatoms. The molecule has 1 aromatic heterocycles. The molecule has 1 N–H and O–H groups in total. The van der Waals surface area contributed by atoms with Gasteiger partial charge in [-0.3, -0.25) is 14.5 Å². The molecule has 0 radical (unpaired) electrons. The Balaban J connectivity index is 1.68. The van der Waals surface area contributed by atoms with Gasteiger partial charge in [-0.15, -0.1) is 0 Å². The van der Waals surface area contributed by atoms with Gasteiger partial charge < -0.3 is 14.8 Å². The third-order valence-electron chi connectivity index (χ3n) is 5.42. The number of rotatable bonds is 9. The lowest BCUT2D eigenvalue weighted by Crippen LogP contribution is -2.34. The third-order valence-corrected chi connectivity index (χ3v) is 6.36. The van der Waals surface area contributed by atoms with Gasteiger partial charge in [-0.25, -0.2) is 9.97 Å². The smallest absolute Gasteiger partial charge is 0.278 e. The second-order valence-electron chi connectivity index (χ2n) is 7.93. The minimum absolute atomic E-state index is 0.166. The monoisotopic (exact) mass is 490 g/mol. The quantitative estimate of drug-likeness (QED) is 0.353. The highest BCUT2D eigenvalue weighted by Gasteiger charge is 2.39. The van der Waals surface area contributed by atoms with E-state index in [9.17, 15) is 9.59 Å². The highest BCUT2D eigenvalue weighted by Crippen LogP contribution is 2.37. The van der Waals surface area contributed by atoms with Crippen molar-refractivity contribution in [2.45, 2.75) is 25.4 Å². The summed E-state index contributed by atoms with van der Waals surface area (Å²) in [5, 5.41) is 3.54. The predicted octanol–water partition coefficient (Wildman–Crippen LogP) is 4.14. The van der Waals surface area contributed by atoms with Gasteiger partial charge in [0.2, 0.25) is 0 Å². The maximum absolute atomic E-state index is 13.5. The molecular weight excluding hydrogens is 464 g/mol. The van der Waals surface area contributed by atoms with Gasteiger partial charge >= 0.3 is 0 Å². The van der Waals surface area contributed by atoms with Crippen LogP contribution < -0.4 is 14.8 Å². The number of aryl methyl sites for hydroxylation is 2. The Kier molecular flexibility index (Phi) is 7.36. The number of thioether (sulfide) groups is 1. The zero-order valence-corrected chi connectivity index (χ0v) is 20.8. The van der Waals surface area contributed by atoms with Crippen molar-refractivity contribution in [3.63, 3.8) is 0 Å². The van der Waals surface area contributed by atoms with E-state index in [1.807, 2.05) is 50.2 Å². The molecule has 180 valence electrons. The molecule has 0 atom stereocenters. The van der Waals surface area contributed by atoms with E-state index in [-0.39, 0.29) is 23.1 Å². The first kappa shape index (κ1) is 24.3. The molecule has 0 spiro atoms. The average molecular weight is 491 g/mol. The van der Waals surface area contributed by atoms with Crippen LogP contribution in [0, 0.1) is 13.8 Å². The minimum Gasteiger partial charge on any atom is -0.497 e.